The van der Waals surface area contributed by atoms with Crippen molar-refractivity contribution >= 4 is 17.3 Å². The molecule has 0 aromatic heterocycles. The molecule has 0 saturated heterocycles. The Morgan fingerprint density at radius 2 is 1.70 bits per heavy atom. The Morgan fingerprint density at radius 1 is 1.08 bits per heavy atom. The van der Waals surface area contributed by atoms with Crippen LogP contribution in [-0.4, -0.2) is 43.4 Å². The predicted molar refractivity (Wildman–Crippen MR) is 138 cm³/mol. The Kier molecular flexibility index (Phi) is 6.27. The number of aromatic hydroxyl groups is 1. The Balaban J connectivity index is 2.02. The van der Waals surface area contributed by atoms with Gasteiger partial charge in [0.05, 0.1) is 5.56 Å². The lowest BCUT2D eigenvalue weighted by molar-refractivity contribution is -0.171. The van der Waals surface area contributed by atoms with Crippen LogP contribution in [0.15, 0.2) is 34.8 Å². The summed E-state index contributed by atoms with van der Waals surface area (Å²) in [5.41, 5.74) is -3.89. The fourth-order valence-electron chi connectivity index (χ4n) is 7.47. The highest BCUT2D eigenvalue weighted by molar-refractivity contribution is 6.25. The second kappa shape index (κ2) is 8.55. The molecule has 4 rings (SSSR count). The summed E-state index contributed by atoms with van der Waals surface area (Å²) in [6.07, 6.45) is 2.02. The van der Waals surface area contributed by atoms with Gasteiger partial charge in [0.15, 0.2) is 17.2 Å². The van der Waals surface area contributed by atoms with Crippen LogP contribution in [0.5, 0.6) is 5.75 Å². The summed E-state index contributed by atoms with van der Waals surface area (Å²) in [5.74, 6) is -4.51. The van der Waals surface area contributed by atoms with Gasteiger partial charge in [0.2, 0.25) is 5.78 Å². The van der Waals surface area contributed by atoms with Crippen molar-refractivity contribution in [2.75, 3.05) is 0 Å². The number of aliphatic hydroxyl groups excluding tert-OH is 2. The minimum atomic E-state index is -2.58. The number of aliphatic hydroxyl groups is 3. The van der Waals surface area contributed by atoms with E-state index in [1.54, 1.807) is 6.92 Å². The first-order valence-corrected chi connectivity index (χ1v) is 13.1. The minimum absolute atomic E-state index is 0.0846. The molecule has 0 heterocycles. The van der Waals surface area contributed by atoms with Crippen molar-refractivity contribution in [2.24, 2.45) is 28.6 Å². The first-order chi connectivity index (χ1) is 17.0. The van der Waals surface area contributed by atoms with E-state index in [9.17, 15) is 34.8 Å². The van der Waals surface area contributed by atoms with Crippen LogP contribution in [0.2, 0.25) is 0 Å². The third-order valence-electron chi connectivity index (χ3n) is 8.98. The fourth-order valence-corrected chi connectivity index (χ4v) is 7.47. The molecule has 3 aliphatic carbocycles. The number of carbonyl (C=O) groups excluding carboxylic acids is 3. The standard InChI is InChI=1S/C30H38O7/c1-14(2)8-9-17-10-11-19(32)21-18(17)12-28(6)13-29(7)22(15(3)4)24(33)20(16(5)31)26(35)30(29,37)27(36)23(28)25(21)34/h10-11,14-15,22,32-33,36-37H,8-9,12-13H2,1-7H3/t22?,28-,29-,30+/m1/s1. The van der Waals surface area contributed by atoms with Crippen molar-refractivity contribution in [1.29, 1.82) is 0 Å². The van der Waals surface area contributed by atoms with Gasteiger partial charge < -0.3 is 20.4 Å². The molecule has 200 valence electrons. The smallest absolute Gasteiger partial charge is 0.209 e. The highest BCUT2D eigenvalue weighted by Gasteiger charge is 2.71. The van der Waals surface area contributed by atoms with Crippen LogP contribution < -0.4 is 0 Å². The summed E-state index contributed by atoms with van der Waals surface area (Å²) < 4.78 is 0. The zero-order valence-electron chi connectivity index (χ0n) is 22.7. The van der Waals surface area contributed by atoms with Crippen LogP contribution in [0.4, 0.5) is 0 Å². The van der Waals surface area contributed by atoms with Crippen LogP contribution in [0.1, 0.15) is 82.8 Å². The average molecular weight is 511 g/mol. The van der Waals surface area contributed by atoms with E-state index < -0.39 is 51.0 Å². The van der Waals surface area contributed by atoms with E-state index in [1.807, 2.05) is 26.8 Å². The van der Waals surface area contributed by atoms with Crippen molar-refractivity contribution < 1.29 is 34.8 Å². The molecule has 4 atom stereocenters. The maximum atomic E-state index is 14.0. The number of benzene rings is 1. The first kappa shape index (κ1) is 27.1. The van der Waals surface area contributed by atoms with Gasteiger partial charge in [-0.2, -0.15) is 0 Å². The van der Waals surface area contributed by atoms with E-state index in [-0.39, 0.29) is 35.0 Å². The van der Waals surface area contributed by atoms with Gasteiger partial charge >= 0.3 is 0 Å². The maximum absolute atomic E-state index is 14.0. The monoisotopic (exact) mass is 510 g/mol. The Bertz CT molecular complexity index is 1280. The Labute approximate surface area is 217 Å². The summed E-state index contributed by atoms with van der Waals surface area (Å²) in [6.45, 7) is 12.5. The van der Waals surface area contributed by atoms with Gasteiger partial charge in [-0.1, -0.05) is 47.6 Å². The van der Waals surface area contributed by atoms with E-state index >= 15 is 0 Å². The number of fused-ring (bicyclic) bond motifs is 3. The third-order valence-corrected chi connectivity index (χ3v) is 8.98. The number of Topliss-reactive ketones (excluding diaryl/α,β-unsaturated/α-hetero) is 3. The van der Waals surface area contributed by atoms with Crippen molar-refractivity contribution in [3.05, 3.63) is 51.5 Å². The lowest BCUT2D eigenvalue weighted by Gasteiger charge is -2.59. The largest absolute Gasteiger partial charge is 0.511 e. The van der Waals surface area contributed by atoms with Gasteiger partial charge in [-0.3, -0.25) is 14.4 Å². The normalized spacial score (nSPS) is 31.6. The number of phenols is 1. The molecule has 1 unspecified atom stereocenters. The lowest BCUT2D eigenvalue weighted by Crippen LogP contribution is -2.67. The van der Waals surface area contributed by atoms with Gasteiger partial charge in [-0.15, -0.1) is 0 Å². The van der Waals surface area contributed by atoms with Gasteiger partial charge in [-0.25, -0.2) is 0 Å². The Hall–Kier alpha value is -2.93. The number of allylic oxidation sites excluding steroid dienone is 2. The minimum Gasteiger partial charge on any atom is -0.511 e. The maximum Gasteiger partial charge on any atom is 0.209 e. The number of carbonyl (C=O) groups is 3. The quantitative estimate of drug-likeness (QED) is 0.413. The molecule has 4 N–H and O–H groups in total. The van der Waals surface area contributed by atoms with Gasteiger partial charge in [0.25, 0.3) is 0 Å². The second-order valence-corrected chi connectivity index (χ2v) is 12.5. The van der Waals surface area contributed by atoms with Crippen LogP contribution in [0, 0.1) is 28.6 Å². The van der Waals surface area contributed by atoms with Gasteiger partial charge in [0.1, 0.15) is 22.8 Å². The number of rotatable bonds is 5. The SMILES string of the molecule is CC(=O)C1=C(O)C(C(C)C)[C@@]2(C)C[C@@]3(C)Cc4c(CCC(C)C)ccc(O)c4C(=O)C3=C(O)[C@@]2(O)C1=O. The highest BCUT2D eigenvalue weighted by atomic mass is 16.3. The fraction of sp³-hybridized carbons (Fsp3) is 0.567. The summed E-state index contributed by atoms with van der Waals surface area (Å²) in [4.78, 5) is 40.1. The zero-order chi connectivity index (χ0) is 27.8. The number of aryl methyl sites for hydroxylation is 1. The van der Waals surface area contributed by atoms with E-state index in [4.69, 9.17) is 0 Å². The Morgan fingerprint density at radius 3 is 2.24 bits per heavy atom. The molecule has 0 aliphatic heterocycles. The molecule has 7 nitrogen and oxygen atoms in total. The number of hydrogen-bond acceptors (Lipinski definition) is 7. The topological polar surface area (TPSA) is 132 Å². The number of phenolic OH excluding ortho intramolecular Hbond substituents is 1. The molecule has 0 amide bonds. The summed E-state index contributed by atoms with van der Waals surface area (Å²) in [6, 6.07) is 3.31. The van der Waals surface area contributed by atoms with Gasteiger partial charge in [0, 0.05) is 22.3 Å². The van der Waals surface area contributed by atoms with Crippen LogP contribution >= 0.6 is 0 Å². The molecule has 37 heavy (non-hydrogen) atoms. The molecular formula is C30H38O7. The molecule has 0 spiro atoms. The van der Waals surface area contributed by atoms with Crippen molar-refractivity contribution in [3.63, 3.8) is 0 Å². The molecule has 0 fully saturated rings. The molecular weight excluding hydrogens is 472 g/mol. The zero-order valence-corrected chi connectivity index (χ0v) is 22.7. The first-order valence-electron chi connectivity index (χ1n) is 13.1. The van der Waals surface area contributed by atoms with E-state index in [2.05, 4.69) is 13.8 Å². The van der Waals surface area contributed by atoms with Gasteiger partial charge in [-0.05, 0) is 61.6 Å². The summed E-state index contributed by atoms with van der Waals surface area (Å²) >= 11 is 0. The van der Waals surface area contributed by atoms with E-state index in [1.165, 1.54) is 6.07 Å². The second-order valence-electron chi connectivity index (χ2n) is 12.5. The number of ketones is 3. The molecule has 3 aliphatic rings. The van der Waals surface area contributed by atoms with Crippen molar-refractivity contribution in [1.82, 2.24) is 0 Å². The van der Waals surface area contributed by atoms with E-state index in [0.717, 1.165) is 18.9 Å². The van der Waals surface area contributed by atoms with Crippen LogP contribution in [0.3, 0.4) is 0 Å². The molecule has 7 heteroatoms. The molecule has 1 aromatic rings. The molecule has 1 aromatic carbocycles. The molecule has 0 radical (unpaired) electrons. The van der Waals surface area contributed by atoms with Crippen LogP contribution in [0.25, 0.3) is 0 Å². The number of hydrogen-bond donors (Lipinski definition) is 4. The van der Waals surface area contributed by atoms with Crippen molar-refractivity contribution in [3.8, 4) is 5.75 Å². The average Bonchev–Trinajstić information content (AvgIpc) is 2.75. The van der Waals surface area contributed by atoms with Crippen molar-refractivity contribution in [2.45, 2.75) is 79.8 Å². The highest BCUT2D eigenvalue weighted by Crippen LogP contribution is 2.65. The summed E-state index contributed by atoms with van der Waals surface area (Å²) in [7, 11) is 0. The molecule has 0 bridgehead atoms. The third kappa shape index (κ3) is 3.53. The molecule has 0 saturated carbocycles. The lowest BCUT2D eigenvalue weighted by atomic mass is 9.44. The van der Waals surface area contributed by atoms with Crippen LogP contribution in [-0.2, 0) is 22.4 Å². The summed E-state index contributed by atoms with van der Waals surface area (Å²) in [5, 5.41) is 45.6. The predicted octanol–water partition coefficient (Wildman–Crippen LogP) is 4.94. The van der Waals surface area contributed by atoms with E-state index in [0.29, 0.717) is 24.3 Å².